The van der Waals surface area contributed by atoms with Crippen LogP contribution in [0.1, 0.15) is 10.4 Å². The Morgan fingerprint density at radius 1 is 0.929 bits per heavy atom. The van der Waals surface area contributed by atoms with Crippen molar-refractivity contribution >= 4 is 63.7 Å². The van der Waals surface area contributed by atoms with Crippen molar-refractivity contribution in [3.05, 3.63) is 75.5 Å². The predicted octanol–water partition coefficient (Wildman–Crippen LogP) is 5.36. The van der Waals surface area contributed by atoms with Crippen LogP contribution in [0.2, 0.25) is 15.3 Å². The molecular weight excluding hydrogens is 443 g/mol. The number of nitrogens with zero attached hydrogens (tertiary/aromatic N) is 2. The number of hydrogen-bond acceptors (Lipinski definition) is 5. The maximum atomic E-state index is 12.1. The summed E-state index contributed by atoms with van der Waals surface area (Å²) in [6.07, 6.45) is 0. The zero-order valence-corrected chi connectivity index (χ0v) is 17.0. The van der Waals surface area contributed by atoms with Gasteiger partial charge in [0.25, 0.3) is 5.91 Å². The number of carbonyl (C=O) groups excluding carboxylic acids is 1. The fraction of sp³-hybridized carbons (Fsp3) is 0. The highest BCUT2D eigenvalue weighted by Gasteiger charge is 2.09. The second-order valence-electron chi connectivity index (χ2n) is 5.34. The first-order valence-electron chi connectivity index (χ1n) is 7.75. The molecule has 0 aliphatic carbocycles. The minimum Gasteiger partial charge on any atom is -0.424 e. The third-order valence-corrected chi connectivity index (χ3v) is 4.14. The minimum atomic E-state index is -0.343. The smallest absolute Gasteiger partial charge is 0.324 e. The first-order valence-corrected chi connectivity index (χ1v) is 9.29. The van der Waals surface area contributed by atoms with Crippen molar-refractivity contribution in [2.45, 2.75) is 0 Å². The Kier molecular flexibility index (Phi) is 6.64. The van der Waals surface area contributed by atoms with E-state index in [4.69, 9.17) is 51.8 Å². The largest absolute Gasteiger partial charge is 0.424 e. The Bertz CT molecular complexity index is 994. The van der Waals surface area contributed by atoms with E-state index in [-0.39, 0.29) is 27.3 Å². The Labute approximate surface area is 180 Å². The Balaban J connectivity index is 1.58. The summed E-state index contributed by atoms with van der Waals surface area (Å²) in [5, 5.41) is 6.55. The van der Waals surface area contributed by atoms with Crippen molar-refractivity contribution < 1.29 is 9.53 Å². The number of rotatable bonds is 4. The summed E-state index contributed by atoms with van der Waals surface area (Å²) < 4.78 is 5.50. The number of hydrogen-bond donors (Lipinski definition) is 2. The fourth-order valence-electron chi connectivity index (χ4n) is 2.07. The normalized spacial score (nSPS) is 10.2. The van der Waals surface area contributed by atoms with Crippen LogP contribution in [0, 0.1) is 0 Å². The van der Waals surface area contributed by atoms with Gasteiger partial charge in [-0.15, -0.1) is 0 Å². The molecule has 0 aliphatic rings. The van der Waals surface area contributed by atoms with E-state index in [1.165, 1.54) is 6.07 Å². The molecule has 0 radical (unpaired) electrons. The van der Waals surface area contributed by atoms with Crippen molar-refractivity contribution in [2.75, 3.05) is 5.32 Å². The lowest BCUT2D eigenvalue weighted by molar-refractivity contribution is 0.0977. The molecule has 0 saturated carbocycles. The highest BCUT2D eigenvalue weighted by Crippen LogP contribution is 2.23. The quantitative estimate of drug-likeness (QED) is 0.409. The number of halogens is 3. The minimum absolute atomic E-state index is 0.0314. The number of nitrogens with one attached hydrogen (secondary N) is 2. The zero-order valence-electron chi connectivity index (χ0n) is 13.9. The van der Waals surface area contributed by atoms with Crippen LogP contribution in [0.4, 0.5) is 5.69 Å². The van der Waals surface area contributed by atoms with Crippen LogP contribution in [0.5, 0.6) is 11.8 Å². The molecule has 0 spiro atoms. The maximum absolute atomic E-state index is 12.1. The van der Waals surface area contributed by atoms with Crippen LogP contribution >= 0.6 is 47.0 Å². The van der Waals surface area contributed by atoms with Crippen molar-refractivity contribution in [2.24, 2.45) is 0 Å². The first-order chi connectivity index (χ1) is 13.4. The van der Waals surface area contributed by atoms with Gasteiger partial charge in [-0.1, -0.05) is 34.8 Å². The van der Waals surface area contributed by atoms with Crippen LogP contribution in [-0.4, -0.2) is 21.0 Å². The van der Waals surface area contributed by atoms with Gasteiger partial charge in [-0.3, -0.25) is 10.1 Å². The molecule has 0 bridgehead atoms. The van der Waals surface area contributed by atoms with Gasteiger partial charge in [0.05, 0.1) is 0 Å². The second kappa shape index (κ2) is 9.16. The van der Waals surface area contributed by atoms with E-state index in [9.17, 15) is 4.79 Å². The van der Waals surface area contributed by atoms with E-state index >= 15 is 0 Å². The number of carbonyl (C=O) groups is 1. The summed E-state index contributed by atoms with van der Waals surface area (Å²) in [6.45, 7) is 0. The van der Waals surface area contributed by atoms with Gasteiger partial charge in [0.15, 0.2) is 5.11 Å². The average molecular weight is 454 g/mol. The van der Waals surface area contributed by atoms with Gasteiger partial charge in [-0.05, 0) is 60.7 Å². The SMILES string of the molecule is O=C(NC(=S)Nc1ccc(Oc2nc(Cl)cc(Cl)n2)cc1)c1ccc(Cl)cc1. The number of ether oxygens (including phenoxy) is 1. The molecule has 0 saturated heterocycles. The molecule has 10 heteroatoms. The summed E-state index contributed by atoms with van der Waals surface area (Å²) in [5.74, 6) is 0.129. The third-order valence-electron chi connectivity index (χ3n) is 3.30. The summed E-state index contributed by atoms with van der Waals surface area (Å²) >= 11 is 22.6. The molecule has 1 heterocycles. The van der Waals surface area contributed by atoms with Crippen LogP contribution in [0.3, 0.4) is 0 Å². The summed E-state index contributed by atoms with van der Waals surface area (Å²) in [5.41, 5.74) is 1.09. The van der Waals surface area contributed by atoms with Gasteiger partial charge in [0.2, 0.25) is 0 Å². The molecule has 6 nitrogen and oxygen atoms in total. The highest BCUT2D eigenvalue weighted by atomic mass is 35.5. The molecule has 0 aliphatic heterocycles. The van der Waals surface area contributed by atoms with Gasteiger partial charge in [-0.25, -0.2) is 0 Å². The zero-order chi connectivity index (χ0) is 20.1. The topological polar surface area (TPSA) is 76.1 Å². The van der Waals surface area contributed by atoms with Crippen molar-refractivity contribution in [1.29, 1.82) is 0 Å². The molecular formula is C18H11Cl3N4O2S. The van der Waals surface area contributed by atoms with E-state index < -0.39 is 0 Å². The van der Waals surface area contributed by atoms with Crippen LogP contribution in [0.15, 0.2) is 54.6 Å². The summed E-state index contributed by atoms with van der Waals surface area (Å²) in [4.78, 5) is 20.0. The predicted molar refractivity (Wildman–Crippen MR) is 114 cm³/mol. The van der Waals surface area contributed by atoms with Crippen molar-refractivity contribution in [3.8, 4) is 11.8 Å². The number of anilines is 1. The summed E-state index contributed by atoms with van der Waals surface area (Å²) in [6, 6.07) is 14.7. The standard InChI is InChI=1S/C18H11Cl3N4O2S/c19-11-3-1-10(2-4-11)16(26)25-18(28)22-12-5-7-13(8-6-12)27-17-23-14(20)9-15(21)24-17/h1-9H,(H2,22,25,26,28). The maximum Gasteiger partial charge on any atom is 0.324 e. The number of benzene rings is 2. The molecule has 2 aromatic carbocycles. The number of amides is 1. The monoisotopic (exact) mass is 452 g/mol. The molecule has 28 heavy (non-hydrogen) atoms. The van der Waals surface area contributed by atoms with Crippen LogP contribution in [0.25, 0.3) is 0 Å². The Hall–Kier alpha value is -2.45. The summed E-state index contributed by atoms with van der Waals surface area (Å²) in [7, 11) is 0. The van der Waals surface area contributed by atoms with Crippen LogP contribution < -0.4 is 15.4 Å². The number of thiocarbonyl (C=S) groups is 1. The molecule has 0 unspecified atom stereocenters. The van der Waals surface area contributed by atoms with Gasteiger partial charge < -0.3 is 10.1 Å². The van der Waals surface area contributed by atoms with Gasteiger partial charge in [-0.2, -0.15) is 9.97 Å². The van der Waals surface area contributed by atoms with Gasteiger partial charge in [0.1, 0.15) is 16.1 Å². The van der Waals surface area contributed by atoms with Gasteiger partial charge in [0, 0.05) is 22.3 Å². The molecule has 1 aromatic heterocycles. The molecule has 0 atom stereocenters. The molecule has 2 N–H and O–H groups in total. The number of aromatic nitrogens is 2. The lowest BCUT2D eigenvalue weighted by Crippen LogP contribution is -2.34. The van der Waals surface area contributed by atoms with E-state index in [0.29, 0.717) is 22.0 Å². The molecule has 142 valence electrons. The lowest BCUT2D eigenvalue weighted by atomic mass is 10.2. The van der Waals surface area contributed by atoms with E-state index in [1.54, 1.807) is 48.5 Å². The highest BCUT2D eigenvalue weighted by molar-refractivity contribution is 7.80. The fourth-order valence-corrected chi connectivity index (χ4v) is 2.81. The molecule has 3 aromatic rings. The molecule has 0 fully saturated rings. The van der Waals surface area contributed by atoms with Gasteiger partial charge >= 0.3 is 6.01 Å². The lowest BCUT2D eigenvalue weighted by Gasteiger charge is -2.10. The van der Waals surface area contributed by atoms with Crippen LogP contribution in [-0.2, 0) is 0 Å². The molecule has 3 rings (SSSR count). The Morgan fingerprint density at radius 3 is 2.14 bits per heavy atom. The average Bonchev–Trinajstić information content (AvgIpc) is 2.63. The van der Waals surface area contributed by atoms with E-state index in [0.717, 1.165) is 0 Å². The molecule has 1 amide bonds. The third kappa shape index (κ3) is 5.77. The van der Waals surface area contributed by atoms with Crippen molar-refractivity contribution in [3.63, 3.8) is 0 Å². The van der Waals surface area contributed by atoms with E-state index in [1.807, 2.05) is 0 Å². The Morgan fingerprint density at radius 2 is 1.54 bits per heavy atom. The first kappa shape index (κ1) is 20.3. The van der Waals surface area contributed by atoms with Crippen molar-refractivity contribution in [1.82, 2.24) is 15.3 Å². The van der Waals surface area contributed by atoms with E-state index in [2.05, 4.69) is 20.6 Å². The second-order valence-corrected chi connectivity index (χ2v) is 6.96.